The third-order valence-corrected chi connectivity index (χ3v) is 5.78. The molecule has 0 amide bonds. The predicted octanol–water partition coefficient (Wildman–Crippen LogP) is 4.00. The number of aromatic nitrogens is 2. The number of rotatable bonds is 9. The number of hydrogen-bond donors (Lipinski definition) is 2. The molecule has 2 N–H and O–H groups in total. The first-order valence-corrected chi connectivity index (χ1v) is 11.2. The Hall–Kier alpha value is -2.18. The van der Waals surface area contributed by atoms with Gasteiger partial charge in [0.05, 0.1) is 0 Å². The van der Waals surface area contributed by atoms with Crippen molar-refractivity contribution in [1.82, 2.24) is 15.3 Å². The van der Waals surface area contributed by atoms with Crippen LogP contribution in [0, 0.1) is 0 Å². The maximum absolute atomic E-state index is 9.90. The zero-order valence-corrected chi connectivity index (χ0v) is 18.8. The van der Waals surface area contributed by atoms with E-state index in [2.05, 4.69) is 37.2 Å². The quantitative estimate of drug-likeness (QED) is 0.649. The van der Waals surface area contributed by atoms with Gasteiger partial charge in [0.1, 0.15) is 24.3 Å². The molecule has 1 aromatic heterocycles. The second-order valence-electron chi connectivity index (χ2n) is 8.58. The summed E-state index contributed by atoms with van der Waals surface area (Å²) in [6.45, 7) is 5.07. The van der Waals surface area contributed by atoms with Crippen molar-refractivity contribution in [1.29, 1.82) is 0 Å². The van der Waals surface area contributed by atoms with Gasteiger partial charge in [0, 0.05) is 37.0 Å². The fraction of sp³-hybridized carbons (Fsp3) is 0.583. The molecular weight excluding hydrogens is 376 g/mol. The molecule has 2 aromatic rings. The monoisotopic (exact) mass is 412 g/mol. The molecule has 6 heteroatoms. The Kier molecular flexibility index (Phi) is 8.05. The van der Waals surface area contributed by atoms with Gasteiger partial charge in [0.25, 0.3) is 0 Å². The van der Waals surface area contributed by atoms with Crippen molar-refractivity contribution in [2.75, 3.05) is 32.1 Å². The van der Waals surface area contributed by atoms with Gasteiger partial charge in [-0.2, -0.15) is 0 Å². The highest BCUT2D eigenvalue weighted by Crippen LogP contribution is 2.29. The van der Waals surface area contributed by atoms with E-state index in [0.29, 0.717) is 24.3 Å². The Morgan fingerprint density at radius 3 is 2.63 bits per heavy atom. The summed E-state index contributed by atoms with van der Waals surface area (Å²) in [6, 6.07) is 10.5. The van der Waals surface area contributed by atoms with Crippen LogP contribution in [0.4, 0.5) is 5.82 Å². The van der Waals surface area contributed by atoms with E-state index >= 15 is 0 Å². The number of benzene rings is 1. The largest absolute Gasteiger partial charge is 0.491 e. The number of nitrogens with zero attached hydrogens (tertiary/aromatic N) is 3. The van der Waals surface area contributed by atoms with Crippen LogP contribution in [-0.2, 0) is 0 Å². The van der Waals surface area contributed by atoms with Gasteiger partial charge in [-0.1, -0.05) is 45.2 Å². The van der Waals surface area contributed by atoms with E-state index in [-0.39, 0.29) is 6.61 Å². The molecule has 30 heavy (non-hydrogen) atoms. The SMILES string of the molecule is CNCC(O)COc1cccc(-c2nc(C(C)C)cc(N(C)C3CCCCC3)n2)c1. The molecule has 1 heterocycles. The molecule has 0 radical (unpaired) electrons. The normalized spacial score (nSPS) is 15.9. The summed E-state index contributed by atoms with van der Waals surface area (Å²) in [4.78, 5) is 12.1. The number of ether oxygens (including phenoxy) is 1. The minimum atomic E-state index is -0.546. The second kappa shape index (κ2) is 10.7. The average molecular weight is 413 g/mol. The summed E-state index contributed by atoms with van der Waals surface area (Å²) in [6.07, 6.45) is 5.84. The third kappa shape index (κ3) is 5.92. The van der Waals surface area contributed by atoms with Crippen molar-refractivity contribution < 1.29 is 9.84 Å². The summed E-state index contributed by atoms with van der Waals surface area (Å²) in [5.74, 6) is 2.75. The molecule has 1 aromatic carbocycles. The summed E-state index contributed by atoms with van der Waals surface area (Å²) in [5.41, 5.74) is 1.98. The van der Waals surface area contributed by atoms with Gasteiger partial charge in [-0.15, -0.1) is 0 Å². The molecule has 164 valence electrons. The second-order valence-corrected chi connectivity index (χ2v) is 8.58. The van der Waals surface area contributed by atoms with Gasteiger partial charge < -0.3 is 20.1 Å². The van der Waals surface area contributed by atoms with E-state index in [4.69, 9.17) is 14.7 Å². The molecule has 0 spiro atoms. The van der Waals surface area contributed by atoms with E-state index in [1.165, 1.54) is 32.1 Å². The highest BCUT2D eigenvalue weighted by atomic mass is 16.5. The Morgan fingerprint density at radius 1 is 1.17 bits per heavy atom. The van der Waals surface area contributed by atoms with Gasteiger partial charge in [-0.25, -0.2) is 9.97 Å². The predicted molar refractivity (Wildman–Crippen MR) is 122 cm³/mol. The standard InChI is InChI=1S/C24H36N4O2/c1-17(2)22-14-23(28(4)19-10-6-5-7-11-19)27-24(26-22)18-9-8-12-21(13-18)30-16-20(29)15-25-3/h8-9,12-14,17,19-20,25,29H,5-7,10-11,15-16H2,1-4H3. The molecule has 0 saturated heterocycles. The van der Waals surface area contributed by atoms with Gasteiger partial charge in [0.2, 0.25) is 0 Å². The number of nitrogens with one attached hydrogen (secondary N) is 1. The fourth-order valence-electron chi connectivity index (χ4n) is 3.93. The van der Waals surface area contributed by atoms with Crippen LogP contribution in [0.5, 0.6) is 5.75 Å². The van der Waals surface area contributed by atoms with Crippen molar-refractivity contribution in [3.8, 4) is 17.1 Å². The molecule has 1 fully saturated rings. The lowest BCUT2D eigenvalue weighted by Gasteiger charge is -2.32. The van der Waals surface area contributed by atoms with Crippen molar-refractivity contribution in [2.24, 2.45) is 0 Å². The third-order valence-electron chi connectivity index (χ3n) is 5.78. The lowest BCUT2D eigenvalue weighted by Crippen LogP contribution is -2.34. The van der Waals surface area contributed by atoms with E-state index in [1.54, 1.807) is 0 Å². The van der Waals surface area contributed by atoms with Crippen LogP contribution >= 0.6 is 0 Å². The van der Waals surface area contributed by atoms with Crippen molar-refractivity contribution in [3.63, 3.8) is 0 Å². The maximum Gasteiger partial charge on any atom is 0.161 e. The van der Waals surface area contributed by atoms with Crippen LogP contribution in [0.25, 0.3) is 11.4 Å². The topological polar surface area (TPSA) is 70.5 Å². The maximum atomic E-state index is 9.90. The fourth-order valence-corrected chi connectivity index (χ4v) is 3.93. The molecule has 6 nitrogen and oxygen atoms in total. The molecule has 0 bridgehead atoms. The number of aliphatic hydroxyl groups excluding tert-OH is 1. The summed E-state index contributed by atoms with van der Waals surface area (Å²) < 4.78 is 5.78. The van der Waals surface area contributed by atoms with Gasteiger partial charge in [-0.3, -0.25) is 0 Å². The molecular formula is C24H36N4O2. The van der Waals surface area contributed by atoms with Crippen LogP contribution < -0.4 is 15.0 Å². The van der Waals surface area contributed by atoms with Gasteiger partial charge in [-0.05, 0) is 37.9 Å². The number of anilines is 1. The zero-order chi connectivity index (χ0) is 21.5. The summed E-state index contributed by atoms with van der Waals surface area (Å²) >= 11 is 0. The summed E-state index contributed by atoms with van der Waals surface area (Å²) in [5, 5.41) is 12.8. The lowest BCUT2D eigenvalue weighted by molar-refractivity contribution is 0.108. The minimum Gasteiger partial charge on any atom is -0.491 e. The molecule has 1 atom stereocenters. The van der Waals surface area contributed by atoms with Crippen LogP contribution in [0.1, 0.15) is 57.6 Å². The Balaban J connectivity index is 1.85. The lowest BCUT2D eigenvalue weighted by atomic mass is 9.94. The molecule has 1 saturated carbocycles. The highest BCUT2D eigenvalue weighted by Gasteiger charge is 2.21. The Labute approximate surface area is 180 Å². The van der Waals surface area contributed by atoms with E-state index in [1.807, 2.05) is 31.3 Å². The van der Waals surface area contributed by atoms with Gasteiger partial charge >= 0.3 is 0 Å². The van der Waals surface area contributed by atoms with Crippen molar-refractivity contribution in [3.05, 3.63) is 36.0 Å². The highest BCUT2D eigenvalue weighted by molar-refractivity contribution is 5.60. The van der Waals surface area contributed by atoms with Crippen LogP contribution in [0.2, 0.25) is 0 Å². The Morgan fingerprint density at radius 2 is 1.93 bits per heavy atom. The van der Waals surface area contributed by atoms with E-state index in [0.717, 1.165) is 22.9 Å². The summed E-state index contributed by atoms with van der Waals surface area (Å²) in [7, 11) is 3.97. The smallest absolute Gasteiger partial charge is 0.161 e. The first-order valence-electron chi connectivity index (χ1n) is 11.2. The first kappa shape index (κ1) is 22.5. The minimum absolute atomic E-state index is 0.243. The van der Waals surface area contributed by atoms with E-state index in [9.17, 15) is 5.11 Å². The number of likely N-dealkylation sites (N-methyl/N-ethyl adjacent to an activating group) is 1. The first-order chi connectivity index (χ1) is 14.5. The van der Waals surface area contributed by atoms with Crippen molar-refractivity contribution >= 4 is 5.82 Å². The number of hydrogen-bond acceptors (Lipinski definition) is 6. The molecule has 1 unspecified atom stereocenters. The van der Waals surface area contributed by atoms with Crippen molar-refractivity contribution in [2.45, 2.75) is 64.0 Å². The zero-order valence-electron chi connectivity index (χ0n) is 18.8. The molecule has 1 aliphatic rings. The number of aliphatic hydroxyl groups is 1. The molecule has 0 aliphatic heterocycles. The molecule has 1 aliphatic carbocycles. The van der Waals surface area contributed by atoms with Crippen LogP contribution in [0.3, 0.4) is 0 Å². The van der Waals surface area contributed by atoms with Gasteiger partial charge in [0.15, 0.2) is 5.82 Å². The van der Waals surface area contributed by atoms with Crippen LogP contribution in [-0.4, -0.2) is 54.5 Å². The van der Waals surface area contributed by atoms with Crippen LogP contribution in [0.15, 0.2) is 30.3 Å². The average Bonchev–Trinajstić information content (AvgIpc) is 2.78. The Bertz CT molecular complexity index is 806. The van der Waals surface area contributed by atoms with E-state index < -0.39 is 6.10 Å². The molecule has 3 rings (SSSR count).